The summed E-state index contributed by atoms with van der Waals surface area (Å²) in [6.45, 7) is 6.91. The van der Waals surface area contributed by atoms with Gasteiger partial charge in [0.25, 0.3) is 0 Å². The molecule has 2 aromatic carbocycles. The van der Waals surface area contributed by atoms with Gasteiger partial charge in [-0.25, -0.2) is 0 Å². The number of carbonyl (C=O) groups excluding carboxylic acids is 2. The minimum atomic E-state index is 0.00193. The van der Waals surface area contributed by atoms with Crippen LogP contribution in [0.25, 0.3) is 6.08 Å². The van der Waals surface area contributed by atoms with Gasteiger partial charge in [-0.1, -0.05) is 48.5 Å². The Hall–Kier alpha value is -3.12. The van der Waals surface area contributed by atoms with Crippen LogP contribution in [0.5, 0.6) is 0 Å². The van der Waals surface area contributed by atoms with Crippen LogP contribution in [-0.4, -0.2) is 74.0 Å². The number of piperidine rings is 1. The summed E-state index contributed by atoms with van der Waals surface area (Å²) in [4.78, 5) is 31.7. The highest BCUT2D eigenvalue weighted by Crippen LogP contribution is 2.18. The molecule has 2 heterocycles. The van der Waals surface area contributed by atoms with E-state index in [9.17, 15) is 9.59 Å². The van der Waals surface area contributed by atoms with Crippen molar-refractivity contribution in [3.05, 3.63) is 72.3 Å². The summed E-state index contributed by atoms with van der Waals surface area (Å²) in [6.07, 6.45) is 4.94. The number of para-hydroxylation sites is 1. The first-order valence-electron chi connectivity index (χ1n) is 12.0. The molecule has 4 rings (SSSR count). The smallest absolute Gasteiger partial charge is 0.246 e. The Balaban J connectivity index is 1.12. The van der Waals surface area contributed by atoms with E-state index in [1.807, 2.05) is 47.4 Å². The number of rotatable bonds is 7. The van der Waals surface area contributed by atoms with Gasteiger partial charge in [0, 0.05) is 70.0 Å². The number of hydrogen-bond donors (Lipinski definition) is 1. The van der Waals surface area contributed by atoms with Crippen LogP contribution < -0.4 is 10.2 Å². The molecule has 2 saturated heterocycles. The van der Waals surface area contributed by atoms with Crippen LogP contribution in [0.2, 0.25) is 0 Å². The van der Waals surface area contributed by atoms with E-state index in [2.05, 4.69) is 39.4 Å². The summed E-state index contributed by atoms with van der Waals surface area (Å²) in [7, 11) is 0. The van der Waals surface area contributed by atoms with Gasteiger partial charge in [-0.15, -0.1) is 0 Å². The molecule has 6 heteroatoms. The summed E-state index contributed by atoms with van der Waals surface area (Å²) in [5, 5.41) is 3.12. The normalized spacial score (nSPS) is 17.9. The minimum absolute atomic E-state index is 0.00193. The molecular formula is C27H34N4O2. The second-order valence-electron chi connectivity index (χ2n) is 8.80. The van der Waals surface area contributed by atoms with Crippen molar-refractivity contribution in [2.75, 3.05) is 57.3 Å². The topological polar surface area (TPSA) is 55.9 Å². The first kappa shape index (κ1) is 23.1. The molecule has 6 nitrogen and oxygen atoms in total. The SMILES string of the molecule is O=C(NCCN1CCN(c2ccccc2)CC1)C1CCN(C(=O)/C=C/c2ccccc2)CC1. The second kappa shape index (κ2) is 11.7. The maximum absolute atomic E-state index is 12.6. The molecule has 0 radical (unpaired) electrons. The number of benzene rings is 2. The maximum atomic E-state index is 12.6. The maximum Gasteiger partial charge on any atom is 0.246 e. The highest BCUT2D eigenvalue weighted by molar-refractivity contribution is 5.92. The Morgan fingerprint density at radius 2 is 1.48 bits per heavy atom. The largest absolute Gasteiger partial charge is 0.369 e. The lowest BCUT2D eigenvalue weighted by Crippen LogP contribution is -2.49. The molecule has 2 fully saturated rings. The molecule has 0 atom stereocenters. The number of nitrogens with zero attached hydrogens (tertiary/aromatic N) is 3. The minimum Gasteiger partial charge on any atom is -0.369 e. The first-order valence-corrected chi connectivity index (χ1v) is 12.0. The van der Waals surface area contributed by atoms with Crippen LogP contribution in [-0.2, 0) is 9.59 Å². The zero-order chi connectivity index (χ0) is 22.9. The summed E-state index contributed by atoms with van der Waals surface area (Å²) in [6, 6.07) is 20.4. The van der Waals surface area contributed by atoms with E-state index in [1.165, 1.54) is 5.69 Å². The number of anilines is 1. The Labute approximate surface area is 196 Å². The monoisotopic (exact) mass is 446 g/mol. The average molecular weight is 447 g/mol. The van der Waals surface area contributed by atoms with Crippen LogP contribution in [0.4, 0.5) is 5.69 Å². The average Bonchev–Trinajstić information content (AvgIpc) is 2.89. The fraction of sp³-hybridized carbons (Fsp3) is 0.407. The molecule has 0 saturated carbocycles. The number of amides is 2. The van der Waals surface area contributed by atoms with E-state index in [4.69, 9.17) is 0 Å². The standard InChI is InChI=1S/C27H34N4O2/c32-26(12-11-23-7-3-1-4-8-23)31-16-13-24(14-17-31)27(33)28-15-18-29-19-21-30(22-20-29)25-9-5-2-6-10-25/h1-12,24H,13-22H2,(H,28,33)/b12-11+. The fourth-order valence-electron chi connectivity index (χ4n) is 4.55. The third-order valence-electron chi connectivity index (χ3n) is 6.62. The third-order valence-corrected chi connectivity index (χ3v) is 6.62. The lowest BCUT2D eigenvalue weighted by atomic mass is 9.96. The summed E-state index contributed by atoms with van der Waals surface area (Å²) in [5.74, 6) is 0.152. The first-order chi connectivity index (χ1) is 16.2. The van der Waals surface area contributed by atoms with E-state index in [1.54, 1.807) is 6.08 Å². The van der Waals surface area contributed by atoms with Gasteiger partial charge in [-0.05, 0) is 36.6 Å². The van der Waals surface area contributed by atoms with Gasteiger partial charge in [-0.3, -0.25) is 14.5 Å². The summed E-state index contributed by atoms with van der Waals surface area (Å²) in [5.41, 5.74) is 2.30. The summed E-state index contributed by atoms with van der Waals surface area (Å²) >= 11 is 0. The van der Waals surface area contributed by atoms with Crippen molar-refractivity contribution >= 4 is 23.6 Å². The van der Waals surface area contributed by atoms with Crippen molar-refractivity contribution in [3.8, 4) is 0 Å². The van der Waals surface area contributed by atoms with Crippen molar-refractivity contribution in [1.29, 1.82) is 0 Å². The van der Waals surface area contributed by atoms with Crippen LogP contribution in [0.3, 0.4) is 0 Å². The second-order valence-corrected chi connectivity index (χ2v) is 8.80. The van der Waals surface area contributed by atoms with Crippen LogP contribution >= 0.6 is 0 Å². The zero-order valence-electron chi connectivity index (χ0n) is 19.2. The van der Waals surface area contributed by atoms with E-state index in [0.717, 1.165) is 51.1 Å². The molecule has 2 aliphatic heterocycles. The van der Waals surface area contributed by atoms with Crippen molar-refractivity contribution in [1.82, 2.24) is 15.1 Å². The molecule has 33 heavy (non-hydrogen) atoms. The number of nitrogens with one attached hydrogen (secondary N) is 1. The number of likely N-dealkylation sites (tertiary alicyclic amines) is 1. The molecule has 0 spiro atoms. The number of carbonyl (C=O) groups is 2. The van der Waals surface area contributed by atoms with Crippen molar-refractivity contribution in [2.24, 2.45) is 5.92 Å². The van der Waals surface area contributed by atoms with Crippen molar-refractivity contribution < 1.29 is 9.59 Å². The molecule has 0 bridgehead atoms. The quantitative estimate of drug-likeness (QED) is 0.665. The van der Waals surface area contributed by atoms with Gasteiger partial charge >= 0.3 is 0 Å². The number of piperazine rings is 1. The summed E-state index contributed by atoms with van der Waals surface area (Å²) < 4.78 is 0. The molecule has 0 aliphatic carbocycles. The Bertz CT molecular complexity index is 916. The Morgan fingerprint density at radius 3 is 2.15 bits per heavy atom. The lowest BCUT2D eigenvalue weighted by Gasteiger charge is -2.36. The molecule has 1 N–H and O–H groups in total. The highest BCUT2D eigenvalue weighted by Gasteiger charge is 2.26. The molecule has 2 aliphatic rings. The van der Waals surface area contributed by atoms with E-state index in [-0.39, 0.29) is 17.7 Å². The van der Waals surface area contributed by atoms with Gasteiger partial charge in [0.05, 0.1) is 0 Å². The van der Waals surface area contributed by atoms with E-state index >= 15 is 0 Å². The Morgan fingerprint density at radius 1 is 0.848 bits per heavy atom. The molecular weight excluding hydrogens is 412 g/mol. The fourth-order valence-corrected chi connectivity index (χ4v) is 4.55. The third kappa shape index (κ3) is 6.68. The van der Waals surface area contributed by atoms with Crippen molar-refractivity contribution in [2.45, 2.75) is 12.8 Å². The van der Waals surface area contributed by atoms with E-state index in [0.29, 0.717) is 19.6 Å². The Kier molecular flexibility index (Phi) is 8.14. The van der Waals surface area contributed by atoms with Gasteiger partial charge in [-0.2, -0.15) is 0 Å². The van der Waals surface area contributed by atoms with Gasteiger partial charge < -0.3 is 15.1 Å². The predicted octanol–water partition coefficient (Wildman–Crippen LogP) is 2.88. The number of hydrogen-bond acceptors (Lipinski definition) is 4. The van der Waals surface area contributed by atoms with Gasteiger partial charge in [0.15, 0.2) is 0 Å². The van der Waals surface area contributed by atoms with Crippen molar-refractivity contribution in [3.63, 3.8) is 0 Å². The van der Waals surface area contributed by atoms with Crippen LogP contribution in [0, 0.1) is 5.92 Å². The lowest BCUT2D eigenvalue weighted by molar-refractivity contribution is -0.132. The molecule has 2 amide bonds. The predicted molar refractivity (Wildman–Crippen MR) is 133 cm³/mol. The van der Waals surface area contributed by atoms with Gasteiger partial charge in [0.2, 0.25) is 11.8 Å². The van der Waals surface area contributed by atoms with E-state index < -0.39 is 0 Å². The molecule has 0 unspecified atom stereocenters. The molecule has 0 aromatic heterocycles. The molecule has 2 aromatic rings. The van der Waals surface area contributed by atoms with Crippen LogP contribution in [0.1, 0.15) is 18.4 Å². The highest BCUT2D eigenvalue weighted by atomic mass is 16.2. The van der Waals surface area contributed by atoms with Crippen LogP contribution in [0.15, 0.2) is 66.7 Å². The molecule has 174 valence electrons. The van der Waals surface area contributed by atoms with Gasteiger partial charge in [0.1, 0.15) is 0 Å². The zero-order valence-corrected chi connectivity index (χ0v) is 19.2.